The Hall–Kier alpha value is -1.07. The summed E-state index contributed by atoms with van der Waals surface area (Å²) in [5.74, 6) is 3.56. The zero-order chi connectivity index (χ0) is 18.3. The standard InChI is InChI=1S/C22H29NO4/c1-25-17-7-4-11-10-23(19(24)26-2)18-14-9-13(11)20(17,18)16-8-12-5-6-15-21(14,16)22(12,15)27-3/h5-6,11-18H,4,7-10H2,1-3H3/t11-,12+,13+,14-,15-,16-,17-,18+,20-,21-,22+/m0/s1. The fourth-order valence-electron chi connectivity index (χ4n) is 10.7. The first-order valence-corrected chi connectivity index (χ1v) is 10.7. The summed E-state index contributed by atoms with van der Waals surface area (Å²) >= 11 is 0. The molecular weight excluding hydrogens is 342 g/mol. The van der Waals surface area contributed by atoms with E-state index in [9.17, 15) is 4.79 Å². The first-order chi connectivity index (χ1) is 13.1. The SMILES string of the molecule is COC(=O)N1C[C@@H]2CC[C@H](OC)[C@@]34[C@@H]2C[C@@H]([C@@H]13)[C@]12[C@@H]3C=C[C@H](C[C@@H]41)[C@@]32OC. The van der Waals surface area contributed by atoms with E-state index in [1.165, 1.54) is 26.4 Å². The first kappa shape index (κ1) is 15.8. The van der Waals surface area contributed by atoms with E-state index < -0.39 is 0 Å². The van der Waals surface area contributed by atoms with E-state index in [4.69, 9.17) is 14.2 Å². The average molecular weight is 371 g/mol. The molecule has 1 aliphatic heterocycles. The van der Waals surface area contributed by atoms with Gasteiger partial charge in [0.2, 0.25) is 0 Å². The van der Waals surface area contributed by atoms with Gasteiger partial charge in [0, 0.05) is 49.5 Å². The third-order valence-electron chi connectivity index (χ3n) is 10.7. The molecule has 5 nitrogen and oxygen atoms in total. The lowest BCUT2D eigenvalue weighted by atomic mass is 9.51. The van der Waals surface area contributed by atoms with Gasteiger partial charge in [-0.3, -0.25) is 0 Å². The fourth-order valence-corrected chi connectivity index (χ4v) is 10.7. The zero-order valence-electron chi connectivity index (χ0n) is 16.4. The third kappa shape index (κ3) is 1.19. The summed E-state index contributed by atoms with van der Waals surface area (Å²) < 4.78 is 17.9. The van der Waals surface area contributed by atoms with Gasteiger partial charge in [0.05, 0.1) is 18.8 Å². The molecule has 5 heteroatoms. The largest absolute Gasteiger partial charge is 0.453 e. The van der Waals surface area contributed by atoms with Gasteiger partial charge in [-0.15, -0.1) is 0 Å². The first-order valence-electron chi connectivity index (χ1n) is 10.7. The lowest BCUT2D eigenvalue weighted by Crippen LogP contribution is -2.65. The highest BCUT2D eigenvalue weighted by Gasteiger charge is 2.98. The van der Waals surface area contributed by atoms with Crippen LogP contribution in [0.5, 0.6) is 0 Å². The number of hydrogen-bond acceptors (Lipinski definition) is 4. The van der Waals surface area contributed by atoms with Gasteiger partial charge in [0.15, 0.2) is 0 Å². The number of carbonyl (C=O) groups excluding carboxylic acids is 1. The van der Waals surface area contributed by atoms with Gasteiger partial charge in [0.25, 0.3) is 0 Å². The van der Waals surface area contributed by atoms with Crippen LogP contribution in [0.1, 0.15) is 25.7 Å². The van der Waals surface area contributed by atoms with Gasteiger partial charge in [-0.05, 0) is 49.4 Å². The minimum Gasteiger partial charge on any atom is -0.453 e. The van der Waals surface area contributed by atoms with Crippen LogP contribution < -0.4 is 0 Å². The molecule has 0 aromatic rings. The molecule has 6 fully saturated rings. The van der Waals surface area contributed by atoms with Crippen molar-refractivity contribution >= 4 is 6.09 Å². The van der Waals surface area contributed by atoms with Gasteiger partial charge in [-0.25, -0.2) is 4.79 Å². The van der Waals surface area contributed by atoms with Crippen LogP contribution in [0.3, 0.4) is 0 Å². The molecule has 1 heterocycles. The minimum absolute atomic E-state index is 0.00637. The molecule has 27 heavy (non-hydrogen) atoms. The second kappa shape index (κ2) is 4.40. The average Bonchev–Trinajstić information content (AvgIpc) is 2.91. The number of amides is 1. The van der Waals surface area contributed by atoms with E-state index in [2.05, 4.69) is 17.1 Å². The Bertz CT molecular complexity index is 782. The van der Waals surface area contributed by atoms with Crippen LogP contribution in [-0.4, -0.2) is 56.6 Å². The van der Waals surface area contributed by atoms with Gasteiger partial charge in [-0.1, -0.05) is 12.2 Å². The number of likely N-dealkylation sites (tertiary alicyclic amines) is 1. The Morgan fingerprint density at radius 1 is 1.11 bits per heavy atom. The number of rotatable bonds is 2. The summed E-state index contributed by atoms with van der Waals surface area (Å²) in [5, 5.41) is 0. The van der Waals surface area contributed by atoms with E-state index in [0.29, 0.717) is 35.5 Å². The van der Waals surface area contributed by atoms with Crippen molar-refractivity contribution < 1.29 is 19.0 Å². The number of carbonyl (C=O) groups is 1. The molecule has 11 atom stereocenters. The maximum Gasteiger partial charge on any atom is 0.409 e. The molecular formula is C22H29NO4. The van der Waals surface area contributed by atoms with E-state index in [1.807, 2.05) is 14.2 Å². The molecule has 7 rings (SSSR count). The summed E-state index contributed by atoms with van der Waals surface area (Å²) in [6, 6.07) is 0.272. The fraction of sp³-hybridized carbons (Fsp3) is 0.864. The molecule has 7 aliphatic rings. The number of hydrogen-bond donors (Lipinski definition) is 0. The van der Waals surface area contributed by atoms with Gasteiger partial charge in [-0.2, -0.15) is 0 Å². The monoisotopic (exact) mass is 371 g/mol. The molecule has 1 saturated heterocycles. The van der Waals surface area contributed by atoms with E-state index in [0.717, 1.165) is 13.0 Å². The molecule has 6 aliphatic carbocycles. The topological polar surface area (TPSA) is 48.0 Å². The Balaban J connectivity index is 1.46. The molecule has 0 N–H and O–H groups in total. The molecule has 5 bridgehead atoms. The van der Waals surface area contributed by atoms with Gasteiger partial charge < -0.3 is 19.1 Å². The van der Waals surface area contributed by atoms with Gasteiger partial charge in [0.1, 0.15) is 0 Å². The summed E-state index contributed by atoms with van der Waals surface area (Å²) in [6.45, 7) is 0.878. The Labute approximate surface area is 160 Å². The van der Waals surface area contributed by atoms with Crippen LogP contribution in [0.4, 0.5) is 4.79 Å². The van der Waals surface area contributed by atoms with Crippen LogP contribution >= 0.6 is 0 Å². The quantitative estimate of drug-likeness (QED) is 0.701. The number of ether oxygens (including phenoxy) is 3. The highest BCUT2D eigenvalue weighted by atomic mass is 16.5. The highest BCUT2D eigenvalue weighted by Crippen LogP contribution is 2.94. The van der Waals surface area contributed by atoms with Crippen molar-refractivity contribution in [2.75, 3.05) is 27.9 Å². The summed E-state index contributed by atoms with van der Waals surface area (Å²) in [5.41, 5.74) is 0.345. The summed E-state index contributed by atoms with van der Waals surface area (Å²) in [4.78, 5) is 15.0. The van der Waals surface area contributed by atoms with E-state index in [-0.39, 0.29) is 34.7 Å². The number of nitrogens with zero attached hydrogens (tertiary/aromatic N) is 1. The highest BCUT2D eigenvalue weighted by molar-refractivity contribution is 5.69. The maximum absolute atomic E-state index is 12.9. The van der Waals surface area contributed by atoms with Crippen LogP contribution in [0.2, 0.25) is 0 Å². The van der Waals surface area contributed by atoms with Crippen LogP contribution in [0.25, 0.3) is 0 Å². The van der Waals surface area contributed by atoms with Crippen LogP contribution in [-0.2, 0) is 14.2 Å². The molecule has 0 radical (unpaired) electrons. The van der Waals surface area contributed by atoms with Crippen molar-refractivity contribution in [2.45, 2.75) is 43.4 Å². The molecule has 0 aromatic heterocycles. The second-order valence-corrected chi connectivity index (χ2v) is 10.3. The molecule has 0 unspecified atom stereocenters. The normalized spacial score (nSPS) is 62.6. The summed E-state index contributed by atoms with van der Waals surface area (Å²) in [7, 11) is 5.36. The van der Waals surface area contributed by atoms with Gasteiger partial charge >= 0.3 is 6.09 Å². The maximum atomic E-state index is 12.9. The van der Waals surface area contributed by atoms with Crippen molar-refractivity contribution in [3.05, 3.63) is 12.2 Å². The van der Waals surface area contributed by atoms with E-state index in [1.54, 1.807) is 0 Å². The lowest BCUT2D eigenvalue weighted by Gasteiger charge is -2.59. The Morgan fingerprint density at radius 2 is 1.96 bits per heavy atom. The zero-order valence-corrected chi connectivity index (χ0v) is 16.4. The molecule has 5 saturated carbocycles. The van der Waals surface area contributed by atoms with Crippen molar-refractivity contribution in [3.8, 4) is 0 Å². The summed E-state index contributed by atoms with van der Waals surface area (Å²) in [6.07, 6.45) is 9.82. The molecule has 146 valence electrons. The van der Waals surface area contributed by atoms with Crippen molar-refractivity contribution in [1.82, 2.24) is 4.90 Å². The molecule has 0 aromatic carbocycles. The van der Waals surface area contributed by atoms with E-state index >= 15 is 0 Å². The van der Waals surface area contributed by atoms with Crippen molar-refractivity contribution in [3.63, 3.8) is 0 Å². The number of piperidine rings is 1. The number of methoxy groups -OCH3 is 3. The molecule has 2 spiro atoms. The molecule has 1 amide bonds. The lowest BCUT2D eigenvalue weighted by molar-refractivity contribution is -0.170. The van der Waals surface area contributed by atoms with Crippen molar-refractivity contribution in [1.29, 1.82) is 0 Å². The smallest absolute Gasteiger partial charge is 0.409 e. The minimum atomic E-state index is -0.128. The Morgan fingerprint density at radius 3 is 2.67 bits per heavy atom. The Kier molecular flexibility index (Phi) is 2.58. The van der Waals surface area contributed by atoms with Crippen molar-refractivity contribution in [2.24, 2.45) is 46.3 Å². The van der Waals surface area contributed by atoms with Crippen LogP contribution in [0.15, 0.2) is 12.2 Å². The third-order valence-corrected chi connectivity index (χ3v) is 10.7. The predicted molar refractivity (Wildman–Crippen MR) is 96.9 cm³/mol. The predicted octanol–water partition coefficient (Wildman–Crippen LogP) is 2.71. The van der Waals surface area contributed by atoms with Crippen LogP contribution in [0, 0.1) is 46.3 Å². The second-order valence-electron chi connectivity index (χ2n) is 10.3.